The van der Waals surface area contributed by atoms with Crippen LogP contribution in [0, 0.1) is 0 Å². The number of aromatic nitrogens is 1. The lowest BCUT2D eigenvalue weighted by Gasteiger charge is -2.43. The van der Waals surface area contributed by atoms with E-state index in [4.69, 9.17) is 19.4 Å². The van der Waals surface area contributed by atoms with Gasteiger partial charge >= 0.3 is 12.1 Å². The molecule has 0 saturated carbocycles. The number of pyridine rings is 1. The van der Waals surface area contributed by atoms with Crippen molar-refractivity contribution in [1.82, 2.24) is 15.2 Å². The topological polar surface area (TPSA) is 101 Å². The van der Waals surface area contributed by atoms with Crippen molar-refractivity contribution in [3.05, 3.63) is 23.9 Å². The number of nitrogens with one attached hydrogen (secondary N) is 1. The van der Waals surface area contributed by atoms with E-state index in [9.17, 15) is 18.0 Å². The second-order valence-electron chi connectivity index (χ2n) is 6.50. The lowest BCUT2D eigenvalue weighted by Crippen LogP contribution is -2.57. The number of amides is 1. The van der Waals surface area contributed by atoms with Gasteiger partial charge in [0.1, 0.15) is 6.61 Å². The third kappa shape index (κ3) is 6.06. The zero-order valence-corrected chi connectivity index (χ0v) is 15.3. The monoisotopic (exact) mass is 405 g/mol. The number of nitrogens with zero attached hydrogens (tertiary/aromatic N) is 2. The lowest BCUT2D eigenvalue weighted by molar-refractivity contribution is -0.192. The van der Waals surface area contributed by atoms with Gasteiger partial charge in [-0.05, 0) is 18.9 Å². The quantitative estimate of drug-likeness (QED) is 0.779. The molecule has 11 heteroatoms. The first-order valence-corrected chi connectivity index (χ1v) is 8.56. The van der Waals surface area contributed by atoms with E-state index in [0.717, 1.165) is 38.0 Å². The van der Waals surface area contributed by atoms with Crippen molar-refractivity contribution >= 4 is 11.9 Å². The number of carboxylic acids is 1. The van der Waals surface area contributed by atoms with Crippen LogP contribution >= 0.6 is 0 Å². The maximum absolute atomic E-state index is 11.2. The van der Waals surface area contributed by atoms with Crippen LogP contribution in [0.15, 0.2) is 18.3 Å². The van der Waals surface area contributed by atoms with Crippen LogP contribution in [0.2, 0.25) is 0 Å². The van der Waals surface area contributed by atoms with Gasteiger partial charge in [-0.25, -0.2) is 9.78 Å². The highest BCUT2D eigenvalue weighted by Crippen LogP contribution is 2.29. The number of methoxy groups -OCH3 is 1. The average molecular weight is 405 g/mol. The molecule has 1 aromatic heterocycles. The highest BCUT2D eigenvalue weighted by atomic mass is 19.4. The Morgan fingerprint density at radius 2 is 2.07 bits per heavy atom. The minimum atomic E-state index is -5.08. The van der Waals surface area contributed by atoms with E-state index < -0.39 is 12.1 Å². The summed E-state index contributed by atoms with van der Waals surface area (Å²) < 4.78 is 42.8. The van der Waals surface area contributed by atoms with Gasteiger partial charge in [0, 0.05) is 37.9 Å². The highest BCUT2D eigenvalue weighted by molar-refractivity contribution is 5.78. The molecule has 0 unspecified atom stereocenters. The summed E-state index contributed by atoms with van der Waals surface area (Å²) in [5, 5.41) is 10.0. The van der Waals surface area contributed by atoms with Crippen LogP contribution in [0.4, 0.5) is 13.2 Å². The first-order valence-electron chi connectivity index (χ1n) is 8.56. The zero-order valence-electron chi connectivity index (χ0n) is 15.3. The van der Waals surface area contributed by atoms with Crippen molar-refractivity contribution in [1.29, 1.82) is 0 Å². The summed E-state index contributed by atoms with van der Waals surface area (Å²) in [5.41, 5.74) is 0.942. The smallest absolute Gasteiger partial charge is 0.481 e. The molecule has 8 nitrogen and oxygen atoms in total. The number of hydrogen-bond donors (Lipinski definition) is 2. The standard InChI is InChI=1S/C15H21N3O3.C2HF3O2/c1-20-14-12(3-2-6-16-14)9-18-7-4-15(5-8-18)11-17-13(19)10-21-15;3-2(4,5)1(6)7/h2-3,6H,4-5,7-11H2,1H3,(H,17,19);(H,6,7). The van der Waals surface area contributed by atoms with Crippen LogP contribution in [-0.2, 0) is 20.9 Å². The molecule has 0 aliphatic carbocycles. The van der Waals surface area contributed by atoms with Crippen molar-refractivity contribution in [2.45, 2.75) is 31.2 Å². The molecule has 2 saturated heterocycles. The third-order valence-corrected chi connectivity index (χ3v) is 4.56. The molecule has 2 N–H and O–H groups in total. The van der Waals surface area contributed by atoms with Crippen LogP contribution in [0.3, 0.4) is 0 Å². The number of piperidine rings is 1. The van der Waals surface area contributed by atoms with Gasteiger partial charge in [0.05, 0.1) is 12.7 Å². The minimum Gasteiger partial charge on any atom is -0.481 e. The fourth-order valence-electron chi connectivity index (χ4n) is 2.99. The summed E-state index contributed by atoms with van der Waals surface area (Å²) in [6, 6.07) is 3.98. The molecule has 0 atom stereocenters. The van der Waals surface area contributed by atoms with Gasteiger partial charge in [0.25, 0.3) is 0 Å². The van der Waals surface area contributed by atoms with Crippen molar-refractivity contribution in [3.8, 4) is 5.88 Å². The molecular formula is C17H22F3N3O5. The number of aliphatic carboxylic acids is 1. The van der Waals surface area contributed by atoms with Gasteiger partial charge in [0.2, 0.25) is 11.8 Å². The summed E-state index contributed by atoms with van der Waals surface area (Å²) >= 11 is 0. The molecule has 0 aromatic carbocycles. The molecule has 3 heterocycles. The summed E-state index contributed by atoms with van der Waals surface area (Å²) in [5.74, 6) is -2.07. The highest BCUT2D eigenvalue weighted by Gasteiger charge is 2.39. The number of likely N-dealkylation sites (tertiary alicyclic amines) is 1. The van der Waals surface area contributed by atoms with Gasteiger partial charge in [-0.15, -0.1) is 0 Å². The second kappa shape index (κ2) is 9.20. The number of halogens is 3. The van der Waals surface area contributed by atoms with Crippen molar-refractivity contribution in [2.75, 3.05) is 33.4 Å². The van der Waals surface area contributed by atoms with Gasteiger partial charge < -0.3 is 19.9 Å². The first kappa shape index (κ1) is 21.9. The molecule has 0 radical (unpaired) electrons. The zero-order chi connectivity index (χ0) is 20.8. The van der Waals surface area contributed by atoms with Crippen LogP contribution in [0.5, 0.6) is 5.88 Å². The van der Waals surface area contributed by atoms with Crippen LogP contribution in [0.1, 0.15) is 18.4 Å². The molecule has 1 aromatic rings. The van der Waals surface area contributed by atoms with E-state index in [1.54, 1.807) is 13.3 Å². The van der Waals surface area contributed by atoms with E-state index in [2.05, 4.69) is 15.2 Å². The molecular weight excluding hydrogens is 383 g/mol. The fourth-order valence-corrected chi connectivity index (χ4v) is 2.99. The van der Waals surface area contributed by atoms with E-state index >= 15 is 0 Å². The summed E-state index contributed by atoms with van der Waals surface area (Å²) in [6.45, 7) is 3.56. The largest absolute Gasteiger partial charge is 0.490 e. The summed E-state index contributed by atoms with van der Waals surface area (Å²) in [4.78, 5) is 26.7. The Balaban J connectivity index is 0.000000345. The van der Waals surface area contributed by atoms with Crippen molar-refractivity contribution in [2.24, 2.45) is 0 Å². The fraction of sp³-hybridized carbons (Fsp3) is 0.588. The number of carboxylic acid groups (broad SMARTS) is 1. The predicted octanol–water partition coefficient (Wildman–Crippen LogP) is 1.20. The number of morpholine rings is 1. The Hall–Kier alpha value is -2.40. The molecule has 2 aliphatic rings. The Morgan fingerprint density at radius 1 is 1.43 bits per heavy atom. The molecule has 28 heavy (non-hydrogen) atoms. The van der Waals surface area contributed by atoms with E-state index in [-0.39, 0.29) is 18.1 Å². The van der Waals surface area contributed by atoms with Crippen molar-refractivity contribution < 1.29 is 37.3 Å². The number of carbonyl (C=O) groups is 2. The Bertz CT molecular complexity index is 679. The SMILES string of the molecule is COc1ncccc1CN1CCC2(CC1)CNC(=O)CO2.O=C(O)C(F)(F)F. The second-order valence-corrected chi connectivity index (χ2v) is 6.50. The van der Waals surface area contributed by atoms with Crippen LogP contribution < -0.4 is 10.1 Å². The van der Waals surface area contributed by atoms with E-state index in [0.29, 0.717) is 12.4 Å². The molecule has 2 aliphatic heterocycles. The number of carbonyl (C=O) groups excluding carboxylic acids is 1. The maximum Gasteiger partial charge on any atom is 0.490 e. The normalized spacial score (nSPS) is 19.4. The van der Waals surface area contributed by atoms with Gasteiger partial charge in [-0.3, -0.25) is 9.69 Å². The number of hydrogen-bond acceptors (Lipinski definition) is 6. The predicted molar refractivity (Wildman–Crippen MR) is 90.7 cm³/mol. The van der Waals surface area contributed by atoms with Gasteiger partial charge in [0.15, 0.2) is 0 Å². The number of ether oxygens (including phenoxy) is 2. The lowest BCUT2D eigenvalue weighted by atomic mass is 9.90. The Kier molecular flexibility index (Phi) is 7.19. The Morgan fingerprint density at radius 3 is 2.57 bits per heavy atom. The van der Waals surface area contributed by atoms with Gasteiger partial charge in [-0.1, -0.05) is 6.07 Å². The summed E-state index contributed by atoms with van der Waals surface area (Å²) in [7, 11) is 1.65. The minimum absolute atomic E-state index is 0.0110. The first-order chi connectivity index (χ1) is 13.1. The molecule has 0 bridgehead atoms. The molecule has 156 valence electrons. The molecule has 1 amide bonds. The van der Waals surface area contributed by atoms with Gasteiger partial charge in [-0.2, -0.15) is 13.2 Å². The van der Waals surface area contributed by atoms with Crippen LogP contribution in [-0.4, -0.2) is 72.0 Å². The number of rotatable bonds is 3. The molecule has 2 fully saturated rings. The van der Waals surface area contributed by atoms with Crippen molar-refractivity contribution in [3.63, 3.8) is 0 Å². The number of alkyl halides is 3. The Labute approximate surface area is 159 Å². The maximum atomic E-state index is 11.2. The van der Waals surface area contributed by atoms with E-state index in [1.165, 1.54) is 0 Å². The van der Waals surface area contributed by atoms with Crippen LogP contribution in [0.25, 0.3) is 0 Å². The van der Waals surface area contributed by atoms with E-state index in [1.807, 2.05) is 12.1 Å². The average Bonchev–Trinajstić information content (AvgIpc) is 2.66. The third-order valence-electron chi connectivity index (χ3n) is 4.56. The summed E-state index contributed by atoms with van der Waals surface area (Å²) in [6.07, 6.45) is -1.46. The molecule has 3 rings (SSSR count). The molecule has 1 spiro atoms.